The zero-order chi connectivity index (χ0) is 17.6. The van der Waals surface area contributed by atoms with Crippen molar-refractivity contribution in [3.63, 3.8) is 0 Å². The number of carbonyl (C=O) groups is 1. The molecule has 1 aromatic heterocycles. The average molecular weight is 339 g/mol. The number of benzene rings is 1. The molecular formula is C21H29N3O. The maximum absolute atomic E-state index is 12.8. The van der Waals surface area contributed by atoms with E-state index in [2.05, 4.69) is 48.0 Å². The molecule has 3 rings (SSSR count). The second-order valence-corrected chi connectivity index (χ2v) is 7.37. The first-order valence-electron chi connectivity index (χ1n) is 9.35. The number of hydrogen-bond acceptors (Lipinski definition) is 2. The molecule has 1 N–H and O–H groups in total. The molecule has 4 heteroatoms. The molecule has 1 amide bonds. The van der Waals surface area contributed by atoms with Crippen LogP contribution < -0.4 is 5.32 Å². The number of carbonyl (C=O) groups excluding carboxylic acids is 1. The fraction of sp³-hybridized carbons (Fsp3) is 0.476. The molecule has 1 fully saturated rings. The standard InChI is InChI=1S/C21H29N3O/c1-17(2)16-24-12-6-9-20(24)21(25)23-13-10-19(11-14-23)22-15-18-7-4-3-5-8-18/h3-9,12,17,19,22H,10-11,13-16H2,1-2H3. The second-order valence-electron chi connectivity index (χ2n) is 7.37. The molecule has 0 atom stereocenters. The molecule has 0 aliphatic carbocycles. The molecular weight excluding hydrogens is 310 g/mol. The second kappa shape index (κ2) is 8.34. The number of amides is 1. The highest BCUT2D eigenvalue weighted by molar-refractivity contribution is 5.92. The lowest BCUT2D eigenvalue weighted by Gasteiger charge is -2.33. The lowest BCUT2D eigenvalue weighted by Crippen LogP contribution is -2.45. The summed E-state index contributed by atoms with van der Waals surface area (Å²) in [5.41, 5.74) is 2.14. The van der Waals surface area contributed by atoms with Crippen LogP contribution in [0.1, 0.15) is 42.7 Å². The molecule has 2 heterocycles. The number of rotatable bonds is 6. The normalized spacial score (nSPS) is 15.7. The van der Waals surface area contributed by atoms with Crippen molar-refractivity contribution in [3.8, 4) is 0 Å². The Labute approximate surface area is 150 Å². The fourth-order valence-corrected chi connectivity index (χ4v) is 3.47. The van der Waals surface area contributed by atoms with Crippen LogP contribution in [0.15, 0.2) is 48.7 Å². The zero-order valence-corrected chi connectivity index (χ0v) is 15.3. The first-order valence-corrected chi connectivity index (χ1v) is 9.35. The molecule has 0 bridgehead atoms. The number of likely N-dealkylation sites (tertiary alicyclic amines) is 1. The lowest BCUT2D eigenvalue weighted by atomic mass is 10.0. The maximum Gasteiger partial charge on any atom is 0.270 e. The molecule has 0 unspecified atom stereocenters. The van der Waals surface area contributed by atoms with Gasteiger partial charge in [-0.15, -0.1) is 0 Å². The summed E-state index contributed by atoms with van der Waals surface area (Å²) in [7, 11) is 0. The van der Waals surface area contributed by atoms with E-state index in [1.165, 1.54) is 5.56 Å². The van der Waals surface area contributed by atoms with Gasteiger partial charge in [-0.2, -0.15) is 0 Å². The minimum atomic E-state index is 0.173. The SMILES string of the molecule is CC(C)Cn1cccc1C(=O)N1CCC(NCc2ccccc2)CC1. The minimum Gasteiger partial charge on any atom is -0.343 e. The van der Waals surface area contributed by atoms with E-state index in [1.54, 1.807) is 0 Å². The fourth-order valence-electron chi connectivity index (χ4n) is 3.47. The Balaban J connectivity index is 1.50. The Morgan fingerprint density at radius 1 is 1.12 bits per heavy atom. The minimum absolute atomic E-state index is 0.173. The summed E-state index contributed by atoms with van der Waals surface area (Å²) in [5.74, 6) is 0.707. The third kappa shape index (κ3) is 4.73. The Hall–Kier alpha value is -2.07. The zero-order valence-electron chi connectivity index (χ0n) is 15.3. The lowest BCUT2D eigenvalue weighted by molar-refractivity contribution is 0.0693. The molecule has 1 aliphatic heterocycles. The van der Waals surface area contributed by atoms with Gasteiger partial charge in [-0.05, 0) is 36.5 Å². The third-order valence-electron chi connectivity index (χ3n) is 4.83. The van der Waals surface area contributed by atoms with Crippen molar-refractivity contribution in [1.29, 1.82) is 0 Å². The van der Waals surface area contributed by atoms with Crippen LogP contribution in [-0.2, 0) is 13.1 Å². The van der Waals surface area contributed by atoms with E-state index in [4.69, 9.17) is 0 Å². The van der Waals surface area contributed by atoms with Crippen molar-refractivity contribution in [2.24, 2.45) is 5.92 Å². The summed E-state index contributed by atoms with van der Waals surface area (Å²) >= 11 is 0. The molecule has 2 aromatic rings. The van der Waals surface area contributed by atoms with Gasteiger partial charge in [0.1, 0.15) is 5.69 Å². The smallest absolute Gasteiger partial charge is 0.270 e. The summed E-state index contributed by atoms with van der Waals surface area (Å²) < 4.78 is 2.09. The molecule has 25 heavy (non-hydrogen) atoms. The molecule has 0 spiro atoms. The first kappa shape index (κ1) is 17.7. The van der Waals surface area contributed by atoms with Crippen LogP contribution in [0.5, 0.6) is 0 Å². The Kier molecular flexibility index (Phi) is 5.92. The topological polar surface area (TPSA) is 37.3 Å². The van der Waals surface area contributed by atoms with Gasteiger partial charge in [-0.25, -0.2) is 0 Å². The van der Waals surface area contributed by atoms with Gasteiger partial charge in [0.15, 0.2) is 0 Å². The van der Waals surface area contributed by atoms with E-state index in [-0.39, 0.29) is 5.91 Å². The number of nitrogens with zero attached hydrogens (tertiary/aromatic N) is 2. The number of nitrogens with one attached hydrogen (secondary N) is 1. The highest BCUT2D eigenvalue weighted by Crippen LogP contribution is 2.16. The van der Waals surface area contributed by atoms with Crippen LogP contribution in [0.3, 0.4) is 0 Å². The van der Waals surface area contributed by atoms with Gasteiger partial charge >= 0.3 is 0 Å². The van der Waals surface area contributed by atoms with Crippen molar-refractivity contribution in [2.45, 2.75) is 45.8 Å². The van der Waals surface area contributed by atoms with Crippen LogP contribution in [0.25, 0.3) is 0 Å². The van der Waals surface area contributed by atoms with Gasteiger partial charge in [0.25, 0.3) is 5.91 Å². The largest absolute Gasteiger partial charge is 0.343 e. The Bertz CT molecular complexity index is 669. The Morgan fingerprint density at radius 2 is 1.84 bits per heavy atom. The molecule has 0 radical (unpaired) electrons. The predicted molar refractivity (Wildman–Crippen MR) is 101 cm³/mol. The molecule has 134 valence electrons. The van der Waals surface area contributed by atoms with Gasteiger partial charge in [0.2, 0.25) is 0 Å². The van der Waals surface area contributed by atoms with E-state index in [0.717, 1.165) is 44.7 Å². The van der Waals surface area contributed by atoms with Crippen LogP contribution >= 0.6 is 0 Å². The van der Waals surface area contributed by atoms with Crippen molar-refractivity contribution in [3.05, 3.63) is 59.9 Å². The number of piperidine rings is 1. The first-order chi connectivity index (χ1) is 12.1. The third-order valence-corrected chi connectivity index (χ3v) is 4.83. The molecule has 1 saturated heterocycles. The molecule has 1 aliphatic rings. The van der Waals surface area contributed by atoms with Gasteiger partial charge < -0.3 is 14.8 Å². The van der Waals surface area contributed by atoms with Crippen LogP contribution in [-0.4, -0.2) is 34.5 Å². The monoisotopic (exact) mass is 339 g/mol. The van der Waals surface area contributed by atoms with Gasteiger partial charge in [-0.1, -0.05) is 44.2 Å². The van der Waals surface area contributed by atoms with Crippen LogP contribution in [0.4, 0.5) is 0 Å². The van der Waals surface area contributed by atoms with Crippen LogP contribution in [0.2, 0.25) is 0 Å². The average Bonchev–Trinajstić information content (AvgIpc) is 3.08. The van der Waals surface area contributed by atoms with Crippen molar-refractivity contribution >= 4 is 5.91 Å². The molecule has 0 saturated carbocycles. The van der Waals surface area contributed by atoms with E-state index in [1.807, 2.05) is 29.3 Å². The van der Waals surface area contributed by atoms with Gasteiger partial charge in [0.05, 0.1) is 0 Å². The van der Waals surface area contributed by atoms with E-state index in [0.29, 0.717) is 12.0 Å². The highest BCUT2D eigenvalue weighted by atomic mass is 16.2. The predicted octanol–water partition coefficient (Wildman–Crippen LogP) is 3.54. The summed E-state index contributed by atoms with van der Waals surface area (Å²) in [4.78, 5) is 14.8. The van der Waals surface area contributed by atoms with Gasteiger partial charge in [0, 0.05) is 38.4 Å². The quantitative estimate of drug-likeness (QED) is 0.874. The highest BCUT2D eigenvalue weighted by Gasteiger charge is 2.25. The van der Waals surface area contributed by atoms with E-state index >= 15 is 0 Å². The summed E-state index contributed by atoms with van der Waals surface area (Å²) in [5, 5.41) is 3.63. The number of aromatic nitrogens is 1. The maximum atomic E-state index is 12.8. The summed E-state index contributed by atoms with van der Waals surface area (Å²) in [6, 6.07) is 14.9. The van der Waals surface area contributed by atoms with Crippen molar-refractivity contribution in [2.75, 3.05) is 13.1 Å². The van der Waals surface area contributed by atoms with Gasteiger partial charge in [-0.3, -0.25) is 4.79 Å². The van der Waals surface area contributed by atoms with Crippen molar-refractivity contribution in [1.82, 2.24) is 14.8 Å². The van der Waals surface area contributed by atoms with Crippen LogP contribution in [0, 0.1) is 5.92 Å². The molecule has 4 nitrogen and oxygen atoms in total. The summed E-state index contributed by atoms with van der Waals surface area (Å²) in [6.45, 7) is 7.81. The Morgan fingerprint density at radius 3 is 2.52 bits per heavy atom. The van der Waals surface area contributed by atoms with Crippen molar-refractivity contribution < 1.29 is 4.79 Å². The van der Waals surface area contributed by atoms with E-state index < -0.39 is 0 Å². The van der Waals surface area contributed by atoms with E-state index in [9.17, 15) is 4.79 Å². The molecule has 1 aromatic carbocycles. The summed E-state index contributed by atoms with van der Waals surface area (Å²) in [6.07, 6.45) is 4.05. The number of hydrogen-bond donors (Lipinski definition) is 1.